The summed E-state index contributed by atoms with van der Waals surface area (Å²) in [5.74, 6) is 0.922. The summed E-state index contributed by atoms with van der Waals surface area (Å²) in [5.41, 5.74) is 0. The monoisotopic (exact) mass is 211 g/mol. The third kappa shape index (κ3) is 4.55. The van der Waals surface area contributed by atoms with Crippen LogP contribution in [0.5, 0.6) is 0 Å². The number of rotatable bonds is 7. The Morgan fingerprint density at radius 3 is 2.33 bits per heavy atom. The van der Waals surface area contributed by atoms with Crippen molar-refractivity contribution in [1.29, 1.82) is 0 Å². The third-order valence-corrected chi connectivity index (χ3v) is 3.94. The minimum Gasteiger partial charge on any atom is -0.301 e. The average Bonchev–Trinajstić information content (AvgIpc) is 2.72. The molecule has 0 radical (unpaired) electrons. The first kappa shape index (κ1) is 13.0. The molecule has 1 fully saturated rings. The molecule has 0 N–H and O–H groups in total. The lowest BCUT2D eigenvalue weighted by Gasteiger charge is -2.28. The second-order valence-corrected chi connectivity index (χ2v) is 5.25. The maximum absolute atomic E-state index is 2.72. The first-order valence-electron chi connectivity index (χ1n) is 7.02. The number of hydrogen-bond acceptors (Lipinski definition) is 1. The summed E-state index contributed by atoms with van der Waals surface area (Å²) in [6.07, 6.45) is 9.99. The van der Waals surface area contributed by atoms with Crippen LogP contribution in [-0.2, 0) is 0 Å². The lowest BCUT2D eigenvalue weighted by atomic mass is 10.0. The Morgan fingerprint density at radius 2 is 1.80 bits per heavy atom. The van der Waals surface area contributed by atoms with Gasteiger partial charge in [0.2, 0.25) is 0 Å². The molecule has 1 saturated carbocycles. The van der Waals surface area contributed by atoms with Gasteiger partial charge in [-0.25, -0.2) is 0 Å². The molecule has 0 amide bonds. The molecule has 1 unspecified atom stereocenters. The Bertz CT molecular complexity index is 149. The molecule has 0 saturated heterocycles. The zero-order valence-corrected chi connectivity index (χ0v) is 11.0. The predicted molar refractivity (Wildman–Crippen MR) is 68.2 cm³/mol. The van der Waals surface area contributed by atoms with Crippen LogP contribution >= 0.6 is 0 Å². The maximum atomic E-state index is 2.72. The summed E-state index contributed by atoms with van der Waals surface area (Å²) in [6, 6.07) is 0.920. The predicted octanol–water partition coefficient (Wildman–Crippen LogP) is 4.08. The van der Waals surface area contributed by atoms with Gasteiger partial charge in [0.1, 0.15) is 0 Å². The van der Waals surface area contributed by atoms with Crippen LogP contribution in [0.1, 0.15) is 65.7 Å². The molecule has 0 bridgehead atoms. The van der Waals surface area contributed by atoms with E-state index >= 15 is 0 Å². The molecule has 0 spiro atoms. The van der Waals surface area contributed by atoms with Gasteiger partial charge in [0.05, 0.1) is 0 Å². The summed E-state index contributed by atoms with van der Waals surface area (Å²) in [6.45, 7) is 9.62. The lowest BCUT2D eigenvalue weighted by Crippen LogP contribution is -2.34. The Labute approximate surface area is 96.2 Å². The highest BCUT2D eigenvalue weighted by molar-refractivity contribution is 4.77. The molecule has 0 aromatic rings. The van der Waals surface area contributed by atoms with Crippen LogP contribution in [0.3, 0.4) is 0 Å². The van der Waals surface area contributed by atoms with Crippen molar-refractivity contribution in [3.8, 4) is 0 Å². The van der Waals surface area contributed by atoms with Crippen LogP contribution < -0.4 is 0 Å². The van der Waals surface area contributed by atoms with Crippen LogP contribution in [0, 0.1) is 5.92 Å². The van der Waals surface area contributed by atoms with E-state index in [9.17, 15) is 0 Å². The van der Waals surface area contributed by atoms with Gasteiger partial charge in [0.15, 0.2) is 0 Å². The molecule has 1 atom stereocenters. The SMILES string of the molecule is CCCC(C)CCN(CC)C1CCCC1. The Morgan fingerprint density at radius 1 is 1.13 bits per heavy atom. The second-order valence-electron chi connectivity index (χ2n) is 5.25. The zero-order chi connectivity index (χ0) is 11.1. The second kappa shape index (κ2) is 7.27. The van der Waals surface area contributed by atoms with E-state index in [2.05, 4.69) is 25.7 Å². The largest absolute Gasteiger partial charge is 0.301 e. The van der Waals surface area contributed by atoms with E-state index in [0.717, 1.165) is 12.0 Å². The molecule has 1 heteroatoms. The summed E-state index contributed by atoms with van der Waals surface area (Å²) in [4.78, 5) is 2.72. The van der Waals surface area contributed by atoms with Crippen molar-refractivity contribution in [2.45, 2.75) is 71.8 Å². The van der Waals surface area contributed by atoms with Crippen molar-refractivity contribution < 1.29 is 0 Å². The molecule has 0 heterocycles. The molecule has 1 aliphatic rings. The minimum atomic E-state index is 0.920. The first-order valence-corrected chi connectivity index (χ1v) is 7.02. The van der Waals surface area contributed by atoms with Crippen molar-refractivity contribution in [1.82, 2.24) is 4.90 Å². The van der Waals surface area contributed by atoms with Gasteiger partial charge in [-0.05, 0) is 38.3 Å². The van der Waals surface area contributed by atoms with E-state index in [0.29, 0.717) is 0 Å². The standard InChI is InChI=1S/C14H29N/c1-4-8-13(3)11-12-15(5-2)14-9-6-7-10-14/h13-14H,4-12H2,1-3H3. The number of nitrogens with zero attached hydrogens (tertiary/aromatic N) is 1. The third-order valence-electron chi connectivity index (χ3n) is 3.94. The average molecular weight is 211 g/mol. The van der Waals surface area contributed by atoms with Crippen molar-refractivity contribution in [3.05, 3.63) is 0 Å². The maximum Gasteiger partial charge on any atom is 0.00951 e. The molecule has 15 heavy (non-hydrogen) atoms. The quantitative estimate of drug-likeness (QED) is 0.613. The zero-order valence-electron chi connectivity index (χ0n) is 11.0. The van der Waals surface area contributed by atoms with Crippen LogP contribution in [0.25, 0.3) is 0 Å². The van der Waals surface area contributed by atoms with Crippen LogP contribution in [-0.4, -0.2) is 24.0 Å². The molecule has 0 aliphatic heterocycles. The van der Waals surface area contributed by atoms with Crippen LogP contribution in [0.15, 0.2) is 0 Å². The molecule has 90 valence electrons. The molecule has 0 aromatic heterocycles. The topological polar surface area (TPSA) is 3.24 Å². The van der Waals surface area contributed by atoms with E-state index in [1.54, 1.807) is 0 Å². The highest BCUT2D eigenvalue weighted by atomic mass is 15.1. The lowest BCUT2D eigenvalue weighted by molar-refractivity contribution is 0.194. The van der Waals surface area contributed by atoms with Gasteiger partial charge in [-0.1, -0.05) is 46.5 Å². The summed E-state index contributed by atoms with van der Waals surface area (Å²) < 4.78 is 0. The van der Waals surface area contributed by atoms with Gasteiger partial charge in [0.25, 0.3) is 0 Å². The van der Waals surface area contributed by atoms with E-state index in [1.807, 2.05) is 0 Å². The van der Waals surface area contributed by atoms with Gasteiger partial charge in [-0.3, -0.25) is 0 Å². The fourth-order valence-electron chi connectivity index (χ4n) is 2.89. The van der Waals surface area contributed by atoms with Gasteiger partial charge >= 0.3 is 0 Å². The molecule has 1 nitrogen and oxygen atoms in total. The molecular weight excluding hydrogens is 182 g/mol. The fourth-order valence-corrected chi connectivity index (χ4v) is 2.89. The van der Waals surface area contributed by atoms with E-state index in [4.69, 9.17) is 0 Å². The normalized spacial score (nSPS) is 20.0. The molecule has 1 rings (SSSR count). The van der Waals surface area contributed by atoms with Crippen molar-refractivity contribution in [3.63, 3.8) is 0 Å². The highest BCUT2D eigenvalue weighted by Gasteiger charge is 2.21. The van der Waals surface area contributed by atoms with E-state index < -0.39 is 0 Å². The first-order chi connectivity index (χ1) is 7.27. The smallest absolute Gasteiger partial charge is 0.00951 e. The van der Waals surface area contributed by atoms with Crippen molar-refractivity contribution in [2.75, 3.05) is 13.1 Å². The van der Waals surface area contributed by atoms with Crippen LogP contribution in [0.2, 0.25) is 0 Å². The summed E-state index contributed by atoms with van der Waals surface area (Å²) in [7, 11) is 0. The van der Waals surface area contributed by atoms with E-state index in [-0.39, 0.29) is 0 Å². The minimum absolute atomic E-state index is 0.920. The van der Waals surface area contributed by atoms with Crippen molar-refractivity contribution in [2.24, 2.45) is 5.92 Å². The fraction of sp³-hybridized carbons (Fsp3) is 1.00. The van der Waals surface area contributed by atoms with Gasteiger partial charge in [-0.2, -0.15) is 0 Å². The molecule has 1 aliphatic carbocycles. The molecule has 0 aromatic carbocycles. The Balaban J connectivity index is 2.20. The van der Waals surface area contributed by atoms with E-state index in [1.165, 1.54) is 58.0 Å². The molecular formula is C14H29N. The summed E-state index contributed by atoms with van der Waals surface area (Å²) >= 11 is 0. The highest BCUT2D eigenvalue weighted by Crippen LogP contribution is 2.24. The van der Waals surface area contributed by atoms with Gasteiger partial charge in [0, 0.05) is 6.04 Å². The summed E-state index contributed by atoms with van der Waals surface area (Å²) in [5, 5.41) is 0. The number of hydrogen-bond donors (Lipinski definition) is 0. The Kier molecular flexibility index (Phi) is 6.31. The van der Waals surface area contributed by atoms with Crippen LogP contribution in [0.4, 0.5) is 0 Å². The van der Waals surface area contributed by atoms with Crippen molar-refractivity contribution >= 4 is 0 Å². The van der Waals surface area contributed by atoms with Gasteiger partial charge < -0.3 is 4.90 Å². The Hall–Kier alpha value is -0.0400. The van der Waals surface area contributed by atoms with Gasteiger partial charge in [-0.15, -0.1) is 0 Å².